The summed E-state index contributed by atoms with van der Waals surface area (Å²) >= 11 is 1.89. The number of nitrogens with zero attached hydrogens (tertiary/aromatic N) is 1. The topological polar surface area (TPSA) is 29.3 Å². The van der Waals surface area contributed by atoms with E-state index in [4.69, 9.17) is 5.84 Å². The van der Waals surface area contributed by atoms with Gasteiger partial charge in [0.15, 0.2) is 0 Å². The third-order valence-electron chi connectivity index (χ3n) is 1.17. The van der Waals surface area contributed by atoms with Crippen molar-refractivity contribution in [2.45, 2.75) is 13.0 Å². The summed E-state index contributed by atoms with van der Waals surface area (Å²) in [5.41, 5.74) is 0. The van der Waals surface area contributed by atoms with Crippen molar-refractivity contribution in [2.24, 2.45) is 5.84 Å². The van der Waals surface area contributed by atoms with Crippen LogP contribution in [0.2, 0.25) is 0 Å². The van der Waals surface area contributed by atoms with Crippen LogP contribution in [0.1, 0.15) is 6.92 Å². The molecule has 0 aromatic heterocycles. The molecule has 0 aliphatic carbocycles. The van der Waals surface area contributed by atoms with Gasteiger partial charge in [-0.2, -0.15) is 0 Å². The lowest BCUT2D eigenvalue weighted by Gasteiger charge is -2.10. The second-order valence-electron chi connectivity index (χ2n) is 1.86. The monoisotopic (exact) mass is 118 g/mol. The summed E-state index contributed by atoms with van der Waals surface area (Å²) in [5, 5.41) is 1.87. The molecule has 2 N–H and O–H groups in total. The molecule has 3 heteroatoms. The Balaban J connectivity index is 2.33. The Kier molecular flexibility index (Phi) is 1.57. The molecular weight excluding hydrogens is 108 g/mol. The average Bonchev–Trinajstić information content (AvgIpc) is 1.91. The number of nitrogens with two attached hydrogens (primary N) is 1. The minimum absolute atomic E-state index is 0.588. The Morgan fingerprint density at radius 1 is 1.86 bits per heavy atom. The van der Waals surface area contributed by atoms with E-state index in [9.17, 15) is 0 Å². The first-order chi connectivity index (χ1) is 3.30. The summed E-state index contributed by atoms with van der Waals surface area (Å²) in [5.74, 6) is 7.68. The van der Waals surface area contributed by atoms with Crippen molar-refractivity contribution >= 4 is 11.8 Å². The van der Waals surface area contributed by atoms with Crippen LogP contribution in [-0.4, -0.2) is 22.7 Å². The summed E-state index contributed by atoms with van der Waals surface area (Å²) in [6.45, 7) is 2.14. The van der Waals surface area contributed by atoms with E-state index in [1.165, 1.54) is 5.75 Å². The Morgan fingerprint density at radius 3 is 2.71 bits per heavy atom. The van der Waals surface area contributed by atoms with E-state index in [0.717, 1.165) is 5.88 Å². The van der Waals surface area contributed by atoms with Gasteiger partial charge in [0.05, 0.1) is 5.88 Å². The molecule has 0 saturated carbocycles. The Labute approximate surface area is 48.0 Å². The summed E-state index contributed by atoms with van der Waals surface area (Å²) in [7, 11) is 0. The van der Waals surface area contributed by atoms with Gasteiger partial charge in [-0.25, -0.2) is 5.01 Å². The molecule has 0 spiro atoms. The first kappa shape index (κ1) is 5.41. The van der Waals surface area contributed by atoms with E-state index in [1.54, 1.807) is 0 Å². The van der Waals surface area contributed by atoms with Crippen LogP contribution in [0.25, 0.3) is 0 Å². The normalized spacial score (nSPS) is 34.3. The lowest BCUT2D eigenvalue weighted by Crippen LogP contribution is -2.34. The van der Waals surface area contributed by atoms with Gasteiger partial charge in [-0.15, -0.1) is 11.8 Å². The molecule has 1 fully saturated rings. The Bertz CT molecular complexity index is 58.7. The van der Waals surface area contributed by atoms with Gasteiger partial charge < -0.3 is 0 Å². The summed E-state index contributed by atoms with van der Waals surface area (Å²) in [6, 6.07) is 0.588. The highest BCUT2D eigenvalue weighted by atomic mass is 32.2. The van der Waals surface area contributed by atoms with E-state index in [1.807, 2.05) is 16.8 Å². The third kappa shape index (κ3) is 1.08. The summed E-state index contributed by atoms with van der Waals surface area (Å²) < 4.78 is 0. The lowest BCUT2D eigenvalue weighted by molar-refractivity contribution is 0.291. The zero-order valence-electron chi connectivity index (χ0n) is 4.42. The highest BCUT2D eigenvalue weighted by Crippen LogP contribution is 2.15. The van der Waals surface area contributed by atoms with Crippen LogP contribution in [0, 0.1) is 0 Å². The van der Waals surface area contributed by atoms with Gasteiger partial charge in [0.25, 0.3) is 0 Å². The van der Waals surface area contributed by atoms with Gasteiger partial charge in [0.2, 0.25) is 0 Å². The van der Waals surface area contributed by atoms with Crippen molar-refractivity contribution in [1.29, 1.82) is 0 Å². The van der Waals surface area contributed by atoms with Gasteiger partial charge >= 0.3 is 0 Å². The van der Waals surface area contributed by atoms with Crippen LogP contribution in [0.4, 0.5) is 0 Å². The first-order valence-electron chi connectivity index (χ1n) is 2.40. The van der Waals surface area contributed by atoms with Gasteiger partial charge in [-0.3, -0.25) is 5.84 Å². The van der Waals surface area contributed by atoms with Crippen molar-refractivity contribution in [3.05, 3.63) is 0 Å². The number of thioether (sulfide) groups is 1. The van der Waals surface area contributed by atoms with Crippen LogP contribution >= 0.6 is 11.8 Å². The van der Waals surface area contributed by atoms with Crippen LogP contribution in [0.3, 0.4) is 0 Å². The predicted molar refractivity (Wildman–Crippen MR) is 32.8 cm³/mol. The number of hydrazine groups is 1. The quantitative estimate of drug-likeness (QED) is 0.462. The SMILES string of the molecule is CC1CSCN1N. The van der Waals surface area contributed by atoms with Gasteiger partial charge in [0.1, 0.15) is 0 Å². The zero-order valence-corrected chi connectivity index (χ0v) is 5.24. The molecule has 0 bridgehead atoms. The van der Waals surface area contributed by atoms with E-state index in [2.05, 4.69) is 6.92 Å². The summed E-state index contributed by atoms with van der Waals surface area (Å²) in [4.78, 5) is 0. The molecule has 1 aliphatic rings. The largest absolute Gasteiger partial charge is 0.268 e. The number of hydrogen-bond donors (Lipinski definition) is 1. The minimum Gasteiger partial charge on any atom is -0.268 e. The molecule has 1 rings (SSSR count). The Hall–Kier alpha value is 0.270. The van der Waals surface area contributed by atoms with Gasteiger partial charge in [-0.05, 0) is 6.92 Å². The van der Waals surface area contributed by atoms with Crippen molar-refractivity contribution in [3.8, 4) is 0 Å². The second kappa shape index (κ2) is 2.03. The smallest absolute Gasteiger partial charge is 0.0589 e. The van der Waals surface area contributed by atoms with Gasteiger partial charge in [-0.1, -0.05) is 0 Å². The van der Waals surface area contributed by atoms with Crippen molar-refractivity contribution < 1.29 is 0 Å². The predicted octanol–water partition coefficient (Wildman–Crippen LogP) is 0.255. The Morgan fingerprint density at radius 2 is 2.57 bits per heavy atom. The maximum absolute atomic E-state index is 5.49. The molecular formula is C4H10N2S. The molecule has 1 unspecified atom stereocenters. The van der Waals surface area contributed by atoms with Gasteiger partial charge in [0, 0.05) is 11.8 Å². The average molecular weight is 118 g/mol. The fourth-order valence-electron chi connectivity index (χ4n) is 0.552. The lowest BCUT2D eigenvalue weighted by atomic mass is 10.4. The van der Waals surface area contributed by atoms with E-state index < -0.39 is 0 Å². The molecule has 1 aliphatic heterocycles. The standard InChI is InChI=1S/C4H10N2S/c1-4-2-7-3-6(4)5/h4H,2-3,5H2,1H3. The molecule has 42 valence electrons. The molecule has 0 radical (unpaired) electrons. The molecule has 0 aromatic carbocycles. The molecule has 2 nitrogen and oxygen atoms in total. The molecule has 0 amide bonds. The fraction of sp³-hybridized carbons (Fsp3) is 1.00. The van der Waals surface area contributed by atoms with E-state index in [-0.39, 0.29) is 0 Å². The molecule has 1 saturated heterocycles. The van der Waals surface area contributed by atoms with E-state index in [0.29, 0.717) is 6.04 Å². The van der Waals surface area contributed by atoms with Crippen LogP contribution in [-0.2, 0) is 0 Å². The summed E-state index contributed by atoms with van der Waals surface area (Å²) in [6.07, 6.45) is 0. The molecule has 1 atom stereocenters. The minimum atomic E-state index is 0.588. The second-order valence-corrected chi connectivity index (χ2v) is 2.86. The fourth-order valence-corrected chi connectivity index (χ4v) is 1.65. The number of hydrogen-bond acceptors (Lipinski definition) is 3. The maximum atomic E-state index is 5.49. The van der Waals surface area contributed by atoms with Crippen LogP contribution in [0.5, 0.6) is 0 Å². The number of rotatable bonds is 0. The maximum Gasteiger partial charge on any atom is 0.0589 e. The van der Waals surface area contributed by atoms with Crippen LogP contribution < -0.4 is 5.84 Å². The van der Waals surface area contributed by atoms with Crippen molar-refractivity contribution in [3.63, 3.8) is 0 Å². The highest BCUT2D eigenvalue weighted by molar-refractivity contribution is 7.99. The zero-order chi connectivity index (χ0) is 5.28. The van der Waals surface area contributed by atoms with E-state index >= 15 is 0 Å². The molecule has 7 heavy (non-hydrogen) atoms. The molecule has 1 heterocycles. The molecule has 0 aromatic rings. The third-order valence-corrected chi connectivity index (χ3v) is 2.36. The van der Waals surface area contributed by atoms with Crippen LogP contribution in [0.15, 0.2) is 0 Å². The highest BCUT2D eigenvalue weighted by Gasteiger charge is 2.15. The van der Waals surface area contributed by atoms with Crippen molar-refractivity contribution in [2.75, 3.05) is 11.6 Å². The van der Waals surface area contributed by atoms with Crippen molar-refractivity contribution in [1.82, 2.24) is 5.01 Å². The first-order valence-corrected chi connectivity index (χ1v) is 3.55.